The third kappa shape index (κ3) is 4.20. The molecule has 1 aliphatic rings. The number of piperidine rings is 1. The van der Waals surface area contributed by atoms with Crippen molar-refractivity contribution in [2.45, 2.75) is 31.8 Å². The van der Waals surface area contributed by atoms with Gasteiger partial charge < -0.3 is 14.8 Å². The van der Waals surface area contributed by atoms with Crippen LogP contribution in [-0.2, 0) is 16.0 Å². The van der Waals surface area contributed by atoms with Crippen LogP contribution in [0.25, 0.3) is 10.9 Å². The summed E-state index contributed by atoms with van der Waals surface area (Å²) in [5, 5.41) is 4.39. The van der Waals surface area contributed by atoms with Crippen LogP contribution >= 0.6 is 0 Å². The first-order valence-corrected chi connectivity index (χ1v) is 8.08. The van der Waals surface area contributed by atoms with Crippen LogP contribution in [0.5, 0.6) is 5.75 Å². The molecule has 1 saturated heterocycles. The second kappa shape index (κ2) is 7.42. The Hall–Kier alpha value is -2.14. The zero-order valence-corrected chi connectivity index (χ0v) is 13.4. The standard InChI is InChI=1S/C18H22N2O3/c1-22-18(21)7-4-14-3-2-13-12-16(5-6-17(13)20-14)23-15-8-10-19-11-9-15/h2-3,5-6,12,15,19H,4,7-11H2,1H3. The summed E-state index contributed by atoms with van der Waals surface area (Å²) in [6.45, 7) is 2.03. The summed E-state index contributed by atoms with van der Waals surface area (Å²) in [7, 11) is 1.40. The Bertz CT molecular complexity index is 681. The van der Waals surface area contributed by atoms with Gasteiger partial charge in [0.05, 0.1) is 19.0 Å². The van der Waals surface area contributed by atoms with Crippen LogP contribution in [0.15, 0.2) is 30.3 Å². The Morgan fingerprint density at radius 3 is 2.87 bits per heavy atom. The molecular formula is C18H22N2O3. The molecule has 122 valence electrons. The lowest BCUT2D eigenvalue weighted by molar-refractivity contribution is -0.140. The van der Waals surface area contributed by atoms with E-state index < -0.39 is 0 Å². The number of pyridine rings is 1. The quantitative estimate of drug-likeness (QED) is 0.859. The Morgan fingerprint density at radius 1 is 1.26 bits per heavy atom. The minimum atomic E-state index is -0.211. The van der Waals surface area contributed by atoms with Crippen molar-refractivity contribution < 1.29 is 14.3 Å². The van der Waals surface area contributed by atoms with Crippen LogP contribution in [0.4, 0.5) is 0 Å². The maximum Gasteiger partial charge on any atom is 0.305 e. The van der Waals surface area contributed by atoms with Crippen LogP contribution in [0.3, 0.4) is 0 Å². The summed E-state index contributed by atoms with van der Waals surface area (Å²) in [6.07, 6.45) is 3.33. The lowest BCUT2D eigenvalue weighted by atomic mass is 10.1. The van der Waals surface area contributed by atoms with Gasteiger partial charge in [0.2, 0.25) is 0 Å². The first-order chi connectivity index (χ1) is 11.2. The van der Waals surface area contributed by atoms with Crippen LogP contribution < -0.4 is 10.1 Å². The number of nitrogens with zero attached hydrogens (tertiary/aromatic N) is 1. The van der Waals surface area contributed by atoms with Crippen LogP contribution in [0, 0.1) is 0 Å². The van der Waals surface area contributed by atoms with Crippen LogP contribution in [0.1, 0.15) is 25.0 Å². The van der Waals surface area contributed by atoms with Crippen molar-refractivity contribution in [1.29, 1.82) is 0 Å². The first-order valence-electron chi connectivity index (χ1n) is 8.08. The van der Waals surface area contributed by atoms with Crippen molar-refractivity contribution in [2.75, 3.05) is 20.2 Å². The minimum absolute atomic E-state index is 0.211. The fourth-order valence-corrected chi connectivity index (χ4v) is 2.80. The molecular weight excluding hydrogens is 292 g/mol. The fourth-order valence-electron chi connectivity index (χ4n) is 2.80. The topological polar surface area (TPSA) is 60.5 Å². The van der Waals surface area contributed by atoms with Crippen molar-refractivity contribution in [2.24, 2.45) is 0 Å². The Kier molecular flexibility index (Phi) is 5.08. The monoisotopic (exact) mass is 314 g/mol. The largest absolute Gasteiger partial charge is 0.490 e. The number of aromatic nitrogens is 1. The summed E-state index contributed by atoms with van der Waals surface area (Å²) in [6, 6.07) is 9.98. The number of methoxy groups -OCH3 is 1. The number of esters is 1. The van der Waals surface area contributed by atoms with Gasteiger partial charge in [-0.25, -0.2) is 0 Å². The SMILES string of the molecule is COC(=O)CCc1ccc2cc(OC3CCNCC3)ccc2n1. The van der Waals surface area contributed by atoms with Gasteiger partial charge >= 0.3 is 5.97 Å². The van der Waals surface area contributed by atoms with Gasteiger partial charge in [0.25, 0.3) is 0 Å². The zero-order chi connectivity index (χ0) is 16.1. The number of nitrogens with one attached hydrogen (secondary N) is 1. The Labute approximate surface area is 136 Å². The number of ether oxygens (including phenoxy) is 2. The van der Waals surface area contributed by atoms with Crippen LogP contribution in [0.2, 0.25) is 0 Å². The number of fused-ring (bicyclic) bond motifs is 1. The predicted molar refractivity (Wildman–Crippen MR) is 88.6 cm³/mol. The summed E-state index contributed by atoms with van der Waals surface area (Å²) in [5.74, 6) is 0.686. The molecule has 0 aliphatic carbocycles. The maximum absolute atomic E-state index is 11.2. The van der Waals surface area contributed by atoms with E-state index in [4.69, 9.17) is 4.74 Å². The number of hydrogen-bond donors (Lipinski definition) is 1. The van der Waals surface area contributed by atoms with E-state index in [0.717, 1.165) is 48.3 Å². The zero-order valence-electron chi connectivity index (χ0n) is 13.4. The van der Waals surface area contributed by atoms with Gasteiger partial charge in [-0.1, -0.05) is 6.07 Å². The molecule has 0 spiro atoms. The number of carbonyl (C=O) groups is 1. The van der Waals surface area contributed by atoms with Gasteiger partial charge in [-0.2, -0.15) is 0 Å². The molecule has 5 heteroatoms. The van der Waals surface area contributed by atoms with E-state index in [9.17, 15) is 4.79 Å². The van der Waals surface area contributed by atoms with Gasteiger partial charge in [0, 0.05) is 17.5 Å². The van der Waals surface area contributed by atoms with Crippen molar-refractivity contribution >= 4 is 16.9 Å². The number of carbonyl (C=O) groups excluding carboxylic acids is 1. The highest BCUT2D eigenvalue weighted by Crippen LogP contribution is 2.23. The molecule has 0 saturated carbocycles. The molecule has 0 radical (unpaired) electrons. The first kappa shape index (κ1) is 15.7. The highest BCUT2D eigenvalue weighted by molar-refractivity contribution is 5.80. The number of aryl methyl sites for hydroxylation is 1. The lowest BCUT2D eigenvalue weighted by Crippen LogP contribution is -2.34. The van der Waals surface area contributed by atoms with Crippen LogP contribution in [-0.4, -0.2) is 37.3 Å². The van der Waals surface area contributed by atoms with E-state index in [-0.39, 0.29) is 5.97 Å². The second-order valence-electron chi connectivity index (χ2n) is 5.80. The van der Waals surface area contributed by atoms with Crippen molar-refractivity contribution in [3.05, 3.63) is 36.0 Å². The Morgan fingerprint density at radius 2 is 2.09 bits per heavy atom. The molecule has 1 N–H and O–H groups in total. The molecule has 0 atom stereocenters. The smallest absolute Gasteiger partial charge is 0.305 e. The molecule has 2 aromatic rings. The van der Waals surface area contributed by atoms with E-state index in [1.165, 1.54) is 7.11 Å². The summed E-state index contributed by atoms with van der Waals surface area (Å²) < 4.78 is 10.7. The van der Waals surface area contributed by atoms with Gasteiger partial charge in [0.15, 0.2) is 0 Å². The summed E-state index contributed by atoms with van der Waals surface area (Å²) in [4.78, 5) is 15.8. The molecule has 1 aromatic carbocycles. The van der Waals surface area contributed by atoms with Gasteiger partial charge in [-0.15, -0.1) is 0 Å². The predicted octanol–water partition coefficient (Wildman–Crippen LogP) is 2.47. The van der Waals surface area contributed by atoms with E-state index in [2.05, 4.69) is 15.0 Å². The molecule has 3 rings (SSSR count). The second-order valence-corrected chi connectivity index (χ2v) is 5.80. The molecule has 23 heavy (non-hydrogen) atoms. The number of benzene rings is 1. The third-order valence-electron chi connectivity index (χ3n) is 4.12. The average Bonchev–Trinajstić information content (AvgIpc) is 2.60. The molecule has 5 nitrogen and oxygen atoms in total. The van der Waals surface area contributed by atoms with Gasteiger partial charge in [0.1, 0.15) is 11.9 Å². The van der Waals surface area contributed by atoms with Gasteiger partial charge in [-0.05, 0) is 50.2 Å². The summed E-state index contributed by atoms with van der Waals surface area (Å²) >= 11 is 0. The van der Waals surface area contributed by atoms with Gasteiger partial charge in [-0.3, -0.25) is 9.78 Å². The third-order valence-corrected chi connectivity index (χ3v) is 4.12. The van der Waals surface area contributed by atoms with E-state index in [1.807, 2.05) is 30.3 Å². The average molecular weight is 314 g/mol. The molecule has 0 amide bonds. The normalized spacial score (nSPS) is 15.5. The molecule has 0 unspecified atom stereocenters. The molecule has 1 fully saturated rings. The number of rotatable bonds is 5. The van der Waals surface area contributed by atoms with Crippen molar-refractivity contribution in [3.63, 3.8) is 0 Å². The highest BCUT2D eigenvalue weighted by Gasteiger charge is 2.14. The highest BCUT2D eigenvalue weighted by atomic mass is 16.5. The lowest BCUT2D eigenvalue weighted by Gasteiger charge is -2.23. The van der Waals surface area contributed by atoms with Crippen molar-refractivity contribution in [3.8, 4) is 5.75 Å². The van der Waals surface area contributed by atoms with E-state index in [0.29, 0.717) is 18.9 Å². The molecule has 1 aromatic heterocycles. The number of hydrogen-bond acceptors (Lipinski definition) is 5. The molecule has 0 bridgehead atoms. The molecule has 1 aliphatic heterocycles. The van der Waals surface area contributed by atoms with Crippen molar-refractivity contribution in [1.82, 2.24) is 10.3 Å². The molecule has 2 heterocycles. The minimum Gasteiger partial charge on any atom is -0.490 e. The fraction of sp³-hybridized carbons (Fsp3) is 0.444. The van der Waals surface area contributed by atoms with E-state index in [1.54, 1.807) is 0 Å². The van der Waals surface area contributed by atoms with E-state index >= 15 is 0 Å². The summed E-state index contributed by atoms with van der Waals surface area (Å²) in [5.41, 5.74) is 1.82. The Balaban J connectivity index is 1.69. The maximum atomic E-state index is 11.2.